The third kappa shape index (κ3) is 5.64. The molecule has 96 valence electrons. The average Bonchev–Trinajstić information content (AvgIpc) is 2.15. The molecule has 0 spiro atoms. The highest BCUT2D eigenvalue weighted by molar-refractivity contribution is 5.81. The van der Waals surface area contributed by atoms with E-state index in [4.69, 9.17) is 10.2 Å². The minimum atomic E-state index is -1.35. The van der Waals surface area contributed by atoms with Gasteiger partial charge in [-0.1, -0.05) is 13.8 Å². The number of carboxylic acids is 1. The summed E-state index contributed by atoms with van der Waals surface area (Å²) in [5, 5.41) is 29.0. The minimum absolute atomic E-state index is 0. The van der Waals surface area contributed by atoms with Gasteiger partial charge in [0.2, 0.25) is 5.91 Å². The van der Waals surface area contributed by atoms with Gasteiger partial charge in [0, 0.05) is 12.0 Å². The molecule has 0 heterocycles. The Kier molecular flexibility index (Phi) is 7.70. The maximum absolute atomic E-state index is 11.3. The Hall–Kier alpha value is -1.18. The third-order valence-corrected chi connectivity index (χ3v) is 2.03. The zero-order valence-electron chi connectivity index (χ0n) is 9.36. The van der Waals surface area contributed by atoms with Gasteiger partial charge in [-0.15, -0.1) is 0 Å². The molecule has 0 saturated heterocycles. The summed E-state index contributed by atoms with van der Waals surface area (Å²) < 4.78 is 0. The second kappa shape index (κ2) is 7.15. The largest absolute Gasteiger partial charge is 0.481 e. The van der Waals surface area contributed by atoms with Gasteiger partial charge in [-0.25, -0.2) is 0 Å². The van der Waals surface area contributed by atoms with E-state index in [0.717, 1.165) is 0 Å². The number of carbonyl (C=O) groups is 2. The molecule has 0 saturated carbocycles. The Morgan fingerprint density at radius 2 is 1.88 bits per heavy atom. The summed E-state index contributed by atoms with van der Waals surface area (Å²) in [6.07, 6.45) is -1.55. The molecular weight excluding hydrogens is 218 g/mol. The number of aliphatic hydroxyl groups excluding tert-OH is 2. The first-order valence-corrected chi connectivity index (χ1v) is 4.59. The van der Waals surface area contributed by atoms with Gasteiger partial charge in [0.05, 0.1) is 13.0 Å². The van der Waals surface area contributed by atoms with Crippen LogP contribution < -0.4 is 5.32 Å². The number of hydrogen-bond acceptors (Lipinski definition) is 4. The van der Waals surface area contributed by atoms with Crippen LogP contribution in [0, 0.1) is 5.41 Å². The van der Waals surface area contributed by atoms with Crippen LogP contribution in [0.4, 0.5) is 0 Å². The van der Waals surface area contributed by atoms with Crippen molar-refractivity contribution in [1.82, 2.24) is 5.32 Å². The normalized spacial score (nSPS) is 12.5. The lowest BCUT2D eigenvalue weighted by Crippen LogP contribution is -2.45. The first-order valence-electron chi connectivity index (χ1n) is 4.59. The molecule has 0 aromatic heterocycles. The van der Waals surface area contributed by atoms with Gasteiger partial charge in [-0.3, -0.25) is 9.59 Å². The van der Waals surface area contributed by atoms with E-state index >= 15 is 0 Å². The Balaban J connectivity index is 0. The molecule has 1 amide bonds. The van der Waals surface area contributed by atoms with Crippen LogP contribution in [0.15, 0.2) is 0 Å². The fourth-order valence-corrected chi connectivity index (χ4v) is 0.831. The molecule has 6 N–H and O–H groups in total. The van der Waals surface area contributed by atoms with Gasteiger partial charge >= 0.3 is 5.97 Å². The smallest absolute Gasteiger partial charge is 0.305 e. The summed E-state index contributed by atoms with van der Waals surface area (Å²) in [5.41, 5.74) is -0.937. The minimum Gasteiger partial charge on any atom is -0.481 e. The van der Waals surface area contributed by atoms with Crippen LogP contribution in [-0.2, 0) is 9.59 Å². The highest BCUT2D eigenvalue weighted by atomic mass is 16.4. The van der Waals surface area contributed by atoms with E-state index < -0.39 is 23.4 Å². The van der Waals surface area contributed by atoms with Crippen molar-refractivity contribution in [2.75, 3.05) is 13.2 Å². The molecule has 0 aliphatic carbocycles. The summed E-state index contributed by atoms with van der Waals surface area (Å²) in [5.74, 6) is -1.69. The number of aliphatic hydroxyl groups is 2. The predicted octanol–water partition coefficient (Wildman–Crippen LogP) is -1.87. The van der Waals surface area contributed by atoms with Crippen molar-refractivity contribution in [2.45, 2.75) is 26.4 Å². The Morgan fingerprint density at radius 1 is 1.38 bits per heavy atom. The summed E-state index contributed by atoms with van der Waals surface area (Å²) in [6.45, 7) is 2.70. The molecule has 0 radical (unpaired) electrons. The van der Waals surface area contributed by atoms with Gasteiger partial charge in [0.25, 0.3) is 0 Å². The molecule has 0 bridgehead atoms. The fraction of sp³-hybridized carbons (Fsp3) is 0.778. The SMILES string of the molecule is CC(C)(CO)[C@@H](O)C(=O)NCCC(=O)O.O. The predicted molar refractivity (Wildman–Crippen MR) is 55.7 cm³/mol. The standard InChI is InChI=1S/C9H17NO5.H2O/c1-9(2,5-11)7(14)8(15)10-4-3-6(12)13;/h7,11,14H,3-5H2,1-2H3,(H,10,15)(H,12,13);1H2/t7-;/m0./s1. The molecule has 0 aliphatic heterocycles. The second-order valence-corrected chi connectivity index (χ2v) is 3.98. The monoisotopic (exact) mass is 237 g/mol. The third-order valence-electron chi connectivity index (χ3n) is 2.03. The molecule has 1 atom stereocenters. The van der Waals surface area contributed by atoms with E-state index in [1.807, 2.05) is 0 Å². The molecule has 0 fully saturated rings. The molecule has 7 nitrogen and oxygen atoms in total. The van der Waals surface area contributed by atoms with Crippen molar-refractivity contribution in [3.05, 3.63) is 0 Å². The zero-order valence-corrected chi connectivity index (χ0v) is 9.36. The number of carbonyl (C=O) groups excluding carboxylic acids is 1. The van der Waals surface area contributed by atoms with E-state index in [1.54, 1.807) is 0 Å². The van der Waals surface area contributed by atoms with E-state index in [0.29, 0.717) is 0 Å². The van der Waals surface area contributed by atoms with Crippen LogP contribution in [0.3, 0.4) is 0 Å². The van der Waals surface area contributed by atoms with Crippen LogP contribution in [0.2, 0.25) is 0 Å². The van der Waals surface area contributed by atoms with Gasteiger partial charge in [-0.05, 0) is 0 Å². The van der Waals surface area contributed by atoms with Crippen LogP contribution in [0.25, 0.3) is 0 Å². The quantitative estimate of drug-likeness (QED) is 0.428. The first kappa shape index (κ1) is 17.2. The lowest BCUT2D eigenvalue weighted by molar-refractivity contribution is -0.138. The number of rotatable bonds is 6. The van der Waals surface area contributed by atoms with Gasteiger partial charge in [-0.2, -0.15) is 0 Å². The molecular formula is C9H19NO6. The van der Waals surface area contributed by atoms with Gasteiger partial charge in [0.15, 0.2) is 0 Å². The zero-order chi connectivity index (χ0) is 12.1. The topological polar surface area (TPSA) is 138 Å². The number of hydrogen-bond donors (Lipinski definition) is 4. The number of aliphatic carboxylic acids is 1. The van der Waals surface area contributed by atoms with E-state index in [9.17, 15) is 14.7 Å². The van der Waals surface area contributed by atoms with E-state index in [1.165, 1.54) is 13.8 Å². The van der Waals surface area contributed by atoms with Crippen molar-refractivity contribution in [1.29, 1.82) is 0 Å². The van der Waals surface area contributed by atoms with Crippen LogP contribution >= 0.6 is 0 Å². The Morgan fingerprint density at radius 3 is 2.25 bits per heavy atom. The summed E-state index contributed by atoms with van der Waals surface area (Å²) in [4.78, 5) is 21.4. The number of nitrogens with one attached hydrogen (secondary N) is 1. The molecule has 0 aromatic carbocycles. The van der Waals surface area contributed by atoms with Crippen molar-refractivity contribution in [3.8, 4) is 0 Å². The number of amides is 1. The second-order valence-electron chi connectivity index (χ2n) is 3.98. The molecule has 0 rings (SSSR count). The molecule has 16 heavy (non-hydrogen) atoms. The van der Waals surface area contributed by atoms with Gasteiger partial charge in [0.1, 0.15) is 6.10 Å². The molecule has 0 unspecified atom stereocenters. The molecule has 7 heteroatoms. The van der Waals surface area contributed by atoms with E-state index in [-0.39, 0.29) is 25.0 Å². The van der Waals surface area contributed by atoms with Crippen molar-refractivity contribution >= 4 is 11.9 Å². The highest BCUT2D eigenvalue weighted by Gasteiger charge is 2.32. The number of carboxylic acid groups (broad SMARTS) is 1. The fourth-order valence-electron chi connectivity index (χ4n) is 0.831. The van der Waals surface area contributed by atoms with Gasteiger partial charge < -0.3 is 26.1 Å². The average molecular weight is 237 g/mol. The lowest BCUT2D eigenvalue weighted by atomic mass is 9.87. The Labute approximate surface area is 93.4 Å². The van der Waals surface area contributed by atoms with Crippen molar-refractivity contribution in [2.24, 2.45) is 5.41 Å². The maximum Gasteiger partial charge on any atom is 0.305 e. The van der Waals surface area contributed by atoms with Crippen molar-refractivity contribution in [3.63, 3.8) is 0 Å². The maximum atomic E-state index is 11.3. The van der Waals surface area contributed by atoms with E-state index in [2.05, 4.69) is 5.32 Å². The molecule has 0 aliphatic rings. The summed E-state index contributed by atoms with van der Waals surface area (Å²) in [7, 11) is 0. The Bertz CT molecular complexity index is 240. The summed E-state index contributed by atoms with van der Waals surface area (Å²) >= 11 is 0. The van der Waals surface area contributed by atoms with Crippen molar-refractivity contribution < 1.29 is 30.4 Å². The van der Waals surface area contributed by atoms with Crippen LogP contribution in [0.1, 0.15) is 20.3 Å². The lowest BCUT2D eigenvalue weighted by Gasteiger charge is -2.26. The highest BCUT2D eigenvalue weighted by Crippen LogP contribution is 2.19. The van der Waals surface area contributed by atoms with Crippen LogP contribution in [0.5, 0.6) is 0 Å². The first-order chi connectivity index (χ1) is 6.81. The van der Waals surface area contributed by atoms with Crippen LogP contribution in [-0.4, -0.2) is 51.9 Å². The molecule has 0 aromatic rings. The summed E-state index contributed by atoms with van der Waals surface area (Å²) in [6, 6.07) is 0.